The number of sulfonamides is 1. The van der Waals surface area contributed by atoms with E-state index in [0.29, 0.717) is 10.7 Å². The molecule has 1 aliphatic rings. The van der Waals surface area contributed by atoms with Crippen LogP contribution in [0.5, 0.6) is 0 Å². The second-order valence-electron chi connectivity index (χ2n) is 6.10. The van der Waals surface area contributed by atoms with E-state index < -0.39 is 10.0 Å². The highest BCUT2D eigenvalue weighted by atomic mass is 35.5. The van der Waals surface area contributed by atoms with Crippen LogP contribution in [0, 0.1) is 0 Å². The zero-order valence-electron chi connectivity index (χ0n) is 13.8. The fourth-order valence-electron chi connectivity index (χ4n) is 3.22. The van der Waals surface area contributed by atoms with Gasteiger partial charge in [-0.1, -0.05) is 41.9 Å². The fraction of sp³-hybridized carbons (Fsp3) is 0.158. The highest BCUT2D eigenvalue weighted by molar-refractivity contribution is 7.92. The number of hydrogen-bond donors (Lipinski definition) is 2. The molecule has 3 aromatic rings. The van der Waals surface area contributed by atoms with Gasteiger partial charge in [-0.25, -0.2) is 8.42 Å². The molecule has 0 fully saturated rings. The minimum atomic E-state index is -3.66. The molecule has 0 amide bonds. The van der Waals surface area contributed by atoms with Crippen molar-refractivity contribution < 1.29 is 8.42 Å². The lowest BCUT2D eigenvalue weighted by Gasteiger charge is -2.21. The van der Waals surface area contributed by atoms with E-state index in [2.05, 4.69) is 10.0 Å². The summed E-state index contributed by atoms with van der Waals surface area (Å²) in [5.41, 5.74) is 2.86. The average molecular weight is 409 g/mol. The summed E-state index contributed by atoms with van der Waals surface area (Å²) in [6.07, 6.45) is 0.807. The van der Waals surface area contributed by atoms with Gasteiger partial charge < -0.3 is 5.32 Å². The van der Waals surface area contributed by atoms with Crippen LogP contribution < -0.4 is 10.0 Å². The van der Waals surface area contributed by atoms with Gasteiger partial charge in [-0.2, -0.15) is 0 Å². The number of benzene rings is 3. The Kier molecular flexibility index (Phi) is 5.44. The molecule has 0 radical (unpaired) electrons. The molecule has 0 saturated carbocycles. The second-order valence-corrected chi connectivity index (χ2v) is 8.19. The molecular weight excluding hydrogens is 391 g/mol. The van der Waals surface area contributed by atoms with Gasteiger partial charge in [-0.05, 0) is 53.7 Å². The SMILES string of the molecule is Cl.O=S(=O)(Nc1cccc2c1CCNC2)c1ccc2c(Cl)cccc2c1. The molecule has 26 heavy (non-hydrogen) atoms. The summed E-state index contributed by atoms with van der Waals surface area (Å²) in [5, 5.41) is 5.55. The lowest BCUT2D eigenvalue weighted by Crippen LogP contribution is -2.25. The molecule has 4 nitrogen and oxygen atoms in total. The largest absolute Gasteiger partial charge is 0.312 e. The second kappa shape index (κ2) is 7.45. The highest BCUT2D eigenvalue weighted by Gasteiger charge is 2.19. The van der Waals surface area contributed by atoms with Crippen LogP contribution in [0.3, 0.4) is 0 Å². The third kappa shape index (κ3) is 3.53. The molecule has 0 spiro atoms. The molecule has 0 aromatic heterocycles. The van der Waals surface area contributed by atoms with Crippen molar-refractivity contribution in [2.24, 2.45) is 0 Å². The summed E-state index contributed by atoms with van der Waals surface area (Å²) in [6, 6.07) is 16.2. The van der Waals surface area contributed by atoms with Crippen molar-refractivity contribution in [2.45, 2.75) is 17.9 Å². The Labute approximate surface area is 164 Å². The first kappa shape index (κ1) is 19.0. The Balaban J connectivity index is 0.00000196. The predicted octanol–water partition coefficient (Wildman–Crippen LogP) is 4.36. The first-order valence-corrected chi connectivity index (χ1v) is 9.93. The van der Waals surface area contributed by atoms with E-state index in [-0.39, 0.29) is 17.3 Å². The molecule has 0 atom stereocenters. The summed E-state index contributed by atoms with van der Waals surface area (Å²) >= 11 is 6.16. The van der Waals surface area contributed by atoms with Gasteiger partial charge in [-0.3, -0.25) is 4.72 Å². The Hall–Kier alpha value is -1.79. The van der Waals surface area contributed by atoms with Crippen molar-refractivity contribution in [3.05, 3.63) is 70.7 Å². The molecule has 4 rings (SSSR count). The standard InChI is InChI=1S/C19H17ClN2O2S.ClH/c20-18-5-1-3-13-11-15(7-8-16(13)18)25(23,24)22-19-6-2-4-14-12-21-10-9-17(14)19;/h1-8,11,21-22H,9-10,12H2;1H. The molecule has 0 aliphatic carbocycles. The van der Waals surface area contributed by atoms with Crippen LogP contribution in [0.15, 0.2) is 59.5 Å². The van der Waals surface area contributed by atoms with E-state index in [4.69, 9.17) is 11.6 Å². The van der Waals surface area contributed by atoms with E-state index in [0.717, 1.165) is 41.4 Å². The van der Waals surface area contributed by atoms with Crippen molar-refractivity contribution in [3.63, 3.8) is 0 Å². The van der Waals surface area contributed by atoms with Crippen LogP contribution in [-0.4, -0.2) is 15.0 Å². The lowest BCUT2D eigenvalue weighted by molar-refractivity contribution is 0.601. The van der Waals surface area contributed by atoms with E-state index in [9.17, 15) is 8.42 Å². The molecule has 1 aliphatic heterocycles. The Morgan fingerprint density at radius 3 is 2.69 bits per heavy atom. The lowest BCUT2D eigenvalue weighted by atomic mass is 9.99. The summed E-state index contributed by atoms with van der Waals surface area (Å²) in [7, 11) is -3.66. The van der Waals surface area contributed by atoms with Crippen LogP contribution in [0.2, 0.25) is 5.02 Å². The maximum absolute atomic E-state index is 12.9. The first-order chi connectivity index (χ1) is 12.0. The van der Waals surface area contributed by atoms with Crippen molar-refractivity contribution in [1.82, 2.24) is 5.32 Å². The van der Waals surface area contributed by atoms with E-state index >= 15 is 0 Å². The molecule has 0 bridgehead atoms. The van der Waals surface area contributed by atoms with Crippen LogP contribution in [-0.2, 0) is 23.0 Å². The van der Waals surface area contributed by atoms with Gasteiger partial charge in [0.1, 0.15) is 0 Å². The van der Waals surface area contributed by atoms with Gasteiger partial charge in [0.25, 0.3) is 10.0 Å². The normalized spacial score (nSPS) is 13.7. The summed E-state index contributed by atoms with van der Waals surface area (Å²) in [5.74, 6) is 0. The number of hydrogen-bond acceptors (Lipinski definition) is 3. The molecule has 136 valence electrons. The minimum Gasteiger partial charge on any atom is -0.312 e. The zero-order chi connectivity index (χ0) is 17.4. The molecular formula is C19H18Cl2N2O2S. The van der Waals surface area contributed by atoms with E-state index in [1.807, 2.05) is 30.3 Å². The average Bonchev–Trinajstić information content (AvgIpc) is 2.62. The number of nitrogens with one attached hydrogen (secondary N) is 2. The third-order valence-electron chi connectivity index (χ3n) is 4.49. The quantitative estimate of drug-likeness (QED) is 0.676. The van der Waals surface area contributed by atoms with Gasteiger partial charge in [-0.15, -0.1) is 12.4 Å². The third-order valence-corrected chi connectivity index (χ3v) is 6.19. The maximum atomic E-state index is 12.9. The van der Waals surface area contributed by atoms with Gasteiger partial charge >= 0.3 is 0 Å². The molecule has 3 aromatic carbocycles. The number of anilines is 1. The van der Waals surface area contributed by atoms with Crippen molar-refractivity contribution in [2.75, 3.05) is 11.3 Å². The number of halogens is 2. The van der Waals surface area contributed by atoms with Gasteiger partial charge in [0.05, 0.1) is 10.6 Å². The Morgan fingerprint density at radius 1 is 1.04 bits per heavy atom. The number of fused-ring (bicyclic) bond motifs is 2. The van der Waals surface area contributed by atoms with Crippen molar-refractivity contribution in [3.8, 4) is 0 Å². The summed E-state index contributed by atoms with van der Waals surface area (Å²) in [4.78, 5) is 0.230. The van der Waals surface area contributed by atoms with Crippen LogP contribution in [0.1, 0.15) is 11.1 Å². The van der Waals surface area contributed by atoms with E-state index in [1.54, 1.807) is 24.3 Å². The molecule has 1 heterocycles. The summed E-state index contributed by atoms with van der Waals surface area (Å²) < 4.78 is 28.5. The van der Waals surface area contributed by atoms with Gasteiger partial charge in [0.15, 0.2) is 0 Å². The molecule has 0 unspecified atom stereocenters. The molecule has 0 saturated heterocycles. The molecule has 7 heteroatoms. The van der Waals surface area contributed by atoms with Crippen molar-refractivity contribution >= 4 is 50.5 Å². The zero-order valence-corrected chi connectivity index (χ0v) is 16.2. The van der Waals surface area contributed by atoms with Gasteiger partial charge in [0.2, 0.25) is 0 Å². The Bertz CT molecular complexity index is 1070. The summed E-state index contributed by atoms with van der Waals surface area (Å²) in [6.45, 7) is 1.61. The van der Waals surface area contributed by atoms with Crippen LogP contribution >= 0.6 is 24.0 Å². The minimum absolute atomic E-state index is 0. The number of rotatable bonds is 3. The maximum Gasteiger partial charge on any atom is 0.261 e. The first-order valence-electron chi connectivity index (χ1n) is 8.07. The van der Waals surface area contributed by atoms with Crippen LogP contribution in [0.4, 0.5) is 5.69 Å². The van der Waals surface area contributed by atoms with E-state index in [1.165, 1.54) is 0 Å². The van der Waals surface area contributed by atoms with Gasteiger partial charge in [0, 0.05) is 17.0 Å². The smallest absolute Gasteiger partial charge is 0.261 e. The fourth-order valence-corrected chi connectivity index (χ4v) is 4.59. The van der Waals surface area contributed by atoms with Crippen molar-refractivity contribution in [1.29, 1.82) is 0 Å². The Morgan fingerprint density at radius 2 is 1.85 bits per heavy atom. The topological polar surface area (TPSA) is 58.2 Å². The van der Waals surface area contributed by atoms with Crippen LogP contribution in [0.25, 0.3) is 10.8 Å². The highest BCUT2D eigenvalue weighted by Crippen LogP contribution is 2.28. The molecule has 2 N–H and O–H groups in total. The monoisotopic (exact) mass is 408 g/mol. The predicted molar refractivity (Wildman–Crippen MR) is 109 cm³/mol.